The van der Waals surface area contributed by atoms with Crippen molar-refractivity contribution in [3.05, 3.63) is 29.8 Å². The maximum absolute atomic E-state index is 11.7. The van der Waals surface area contributed by atoms with Crippen LogP contribution in [-0.4, -0.2) is 44.6 Å². The van der Waals surface area contributed by atoms with Gasteiger partial charge in [-0.05, 0) is 43.1 Å². The van der Waals surface area contributed by atoms with E-state index < -0.39 is 0 Å². The third-order valence-electron chi connectivity index (χ3n) is 3.91. The Morgan fingerprint density at radius 2 is 2.00 bits per heavy atom. The Morgan fingerprint density at radius 3 is 2.59 bits per heavy atom. The normalized spacial score (nSPS) is 13.0. The number of hydrogen-bond donors (Lipinski definition) is 1. The van der Waals surface area contributed by atoms with Crippen molar-refractivity contribution in [3.63, 3.8) is 0 Å². The van der Waals surface area contributed by atoms with Gasteiger partial charge in [0.15, 0.2) is 6.61 Å². The van der Waals surface area contributed by atoms with Crippen LogP contribution in [-0.2, 0) is 4.79 Å². The van der Waals surface area contributed by atoms with Crippen molar-refractivity contribution in [3.8, 4) is 5.75 Å². The molecule has 1 atom stereocenters. The monoisotopic (exact) mass is 306 g/mol. The molecule has 4 heteroatoms. The van der Waals surface area contributed by atoms with E-state index in [1.807, 2.05) is 37.2 Å². The van der Waals surface area contributed by atoms with Crippen LogP contribution in [0.3, 0.4) is 0 Å². The van der Waals surface area contributed by atoms with Crippen molar-refractivity contribution in [1.82, 2.24) is 10.2 Å². The number of carbonyl (C=O) groups excluding carboxylic acids is 1. The standard InChI is InChI=1S/C18H30N2O2/c1-14(18(2,3)4)15-8-7-9-16(12-15)22-13-17(21)19-10-11-20(5)6/h7-9,12,14H,10-11,13H2,1-6H3,(H,19,21). The highest BCUT2D eigenvalue weighted by molar-refractivity contribution is 5.77. The lowest BCUT2D eigenvalue weighted by Crippen LogP contribution is -2.34. The minimum atomic E-state index is -0.0869. The van der Waals surface area contributed by atoms with Crippen LogP contribution in [0.2, 0.25) is 0 Å². The van der Waals surface area contributed by atoms with Gasteiger partial charge in [-0.2, -0.15) is 0 Å². The number of hydrogen-bond acceptors (Lipinski definition) is 3. The third-order valence-corrected chi connectivity index (χ3v) is 3.91. The number of likely N-dealkylation sites (N-methyl/N-ethyl adjacent to an activating group) is 1. The average Bonchev–Trinajstić information content (AvgIpc) is 2.43. The molecular weight excluding hydrogens is 276 g/mol. The second kappa shape index (κ2) is 8.18. The Kier molecular flexibility index (Phi) is 6.88. The Balaban J connectivity index is 2.52. The lowest BCUT2D eigenvalue weighted by atomic mass is 9.78. The summed E-state index contributed by atoms with van der Waals surface area (Å²) in [6.07, 6.45) is 0. The summed E-state index contributed by atoms with van der Waals surface area (Å²) in [5.41, 5.74) is 1.43. The van der Waals surface area contributed by atoms with Gasteiger partial charge in [0.1, 0.15) is 5.75 Å². The molecule has 0 saturated carbocycles. The van der Waals surface area contributed by atoms with Crippen LogP contribution < -0.4 is 10.1 Å². The SMILES string of the molecule is CC(c1cccc(OCC(=O)NCCN(C)C)c1)C(C)(C)C. The number of carbonyl (C=O) groups is 1. The van der Waals surface area contributed by atoms with Crippen molar-refractivity contribution in [2.45, 2.75) is 33.6 Å². The summed E-state index contributed by atoms with van der Waals surface area (Å²) < 4.78 is 5.60. The fraction of sp³-hybridized carbons (Fsp3) is 0.611. The summed E-state index contributed by atoms with van der Waals surface area (Å²) in [7, 11) is 3.95. The summed E-state index contributed by atoms with van der Waals surface area (Å²) in [5.74, 6) is 1.08. The number of amides is 1. The van der Waals surface area contributed by atoms with E-state index in [0.29, 0.717) is 12.5 Å². The molecule has 4 nitrogen and oxygen atoms in total. The molecule has 0 aromatic heterocycles. The molecule has 0 heterocycles. The van der Waals surface area contributed by atoms with Gasteiger partial charge < -0.3 is 15.0 Å². The van der Waals surface area contributed by atoms with Gasteiger partial charge in [-0.3, -0.25) is 4.79 Å². The van der Waals surface area contributed by atoms with E-state index in [2.05, 4.69) is 39.1 Å². The van der Waals surface area contributed by atoms with E-state index >= 15 is 0 Å². The van der Waals surface area contributed by atoms with Crippen molar-refractivity contribution < 1.29 is 9.53 Å². The molecule has 1 aromatic carbocycles. The molecule has 1 N–H and O–H groups in total. The zero-order valence-corrected chi connectivity index (χ0v) is 14.8. The molecule has 1 aromatic rings. The van der Waals surface area contributed by atoms with Gasteiger partial charge >= 0.3 is 0 Å². The first-order valence-electron chi connectivity index (χ1n) is 7.84. The summed E-state index contributed by atoms with van der Waals surface area (Å²) in [6.45, 7) is 10.4. The zero-order valence-electron chi connectivity index (χ0n) is 14.8. The summed E-state index contributed by atoms with van der Waals surface area (Å²) in [5, 5.41) is 2.84. The fourth-order valence-electron chi connectivity index (χ4n) is 1.99. The quantitative estimate of drug-likeness (QED) is 0.842. The topological polar surface area (TPSA) is 41.6 Å². The molecule has 0 aliphatic carbocycles. The highest BCUT2D eigenvalue weighted by Crippen LogP contribution is 2.35. The van der Waals surface area contributed by atoms with E-state index in [1.54, 1.807) is 0 Å². The first kappa shape index (κ1) is 18.5. The number of benzene rings is 1. The van der Waals surface area contributed by atoms with E-state index in [-0.39, 0.29) is 17.9 Å². The minimum Gasteiger partial charge on any atom is -0.484 e. The molecule has 0 aliphatic heterocycles. The summed E-state index contributed by atoms with van der Waals surface area (Å²) in [6, 6.07) is 8.02. The molecule has 0 saturated heterocycles. The van der Waals surface area contributed by atoms with Crippen molar-refractivity contribution in [2.24, 2.45) is 5.41 Å². The van der Waals surface area contributed by atoms with E-state index in [0.717, 1.165) is 12.3 Å². The minimum absolute atomic E-state index is 0.0563. The highest BCUT2D eigenvalue weighted by atomic mass is 16.5. The Labute approximate surface area is 134 Å². The maximum atomic E-state index is 11.7. The Hall–Kier alpha value is -1.55. The third kappa shape index (κ3) is 6.48. The first-order valence-corrected chi connectivity index (χ1v) is 7.84. The lowest BCUT2D eigenvalue weighted by Gasteiger charge is -2.27. The average molecular weight is 306 g/mol. The van der Waals surface area contributed by atoms with E-state index in [4.69, 9.17) is 4.74 Å². The van der Waals surface area contributed by atoms with Gasteiger partial charge in [-0.25, -0.2) is 0 Å². The number of ether oxygens (including phenoxy) is 1. The Bertz CT molecular complexity index is 478. The van der Waals surface area contributed by atoms with E-state index in [1.165, 1.54) is 5.56 Å². The molecule has 124 valence electrons. The van der Waals surface area contributed by atoms with Gasteiger partial charge in [0, 0.05) is 13.1 Å². The van der Waals surface area contributed by atoms with Gasteiger partial charge in [0.2, 0.25) is 0 Å². The highest BCUT2D eigenvalue weighted by Gasteiger charge is 2.21. The van der Waals surface area contributed by atoms with Crippen LogP contribution in [0, 0.1) is 5.41 Å². The van der Waals surface area contributed by atoms with Crippen molar-refractivity contribution in [2.75, 3.05) is 33.8 Å². The molecule has 0 bridgehead atoms. The molecule has 0 aliphatic rings. The molecule has 22 heavy (non-hydrogen) atoms. The molecule has 1 unspecified atom stereocenters. The summed E-state index contributed by atoms with van der Waals surface area (Å²) >= 11 is 0. The van der Waals surface area contributed by atoms with Crippen LogP contribution in [0.15, 0.2) is 24.3 Å². The van der Waals surface area contributed by atoms with E-state index in [9.17, 15) is 4.79 Å². The largest absolute Gasteiger partial charge is 0.484 e. The van der Waals surface area contributed by atoms with Gasteiger partial charge in [0.25, 0.3) is 5.91 Å². The summed E-state index contributed by atoms with van der Waals surface area (Å²) in [4.78, 5) is 13.7. The smallest absolute Gasteiger partial charge is 0.257 e. The van der Waals surface area contributed by atoms with Crippen LogP contribution in [0.5, 0.6) is 5.75 Å². The second-order valence-corrected chi connectivity index (χ2v) is 7.10. The van der Waals surface area contributed by atoms with Crippen LogP contribution in [0.1, 0.15) is 39.2 Å². The zero-order chi connectivity index (χ0) is 16.8. The van der Waals surface area contributed by atoms with Gasteiger partial charge in [-0.1, -0.05) is 39.8 Å². The predicted molar refractivity (Wildman–Crippen MR) is 91.4 cm³/mol. The first-order chi connectivity index (χ1) is 10.2. The Morgan fingerprint density at radius 1 is 1.32 bits per heavy atom. The van der Waals surface area contributed by atoms with Gasteiger partial charge in [-0.15, -0.1) is 0 Å². The van der Waals surface area contributed by atoms with Crippen LogP contribution in [0.4, 0.5) is 0 Å². The number of rotatable bonds is 7. The van der Waals surface area contributed by atoms with Crippen molar-refractivity contribution >= 4 is 5.91 Å². The molecule has 0 radical (unpaired) electrons. The van der Waals surface area contributed by atoms with Crippen LogP contribution in [0.25, 0.3) is 0 Å². The number of nitrogens with zero attached hydrogens (tertiary/aromatic N) is 1. The fourth-order valence-corrected chi connectivity index (χ4v) is 1.99. The molecule has 1 amide bonds. The second-order valence-electron chi connectivity index (χ2n) is 7.10. The number of nitrogens with one attached hydrogen (secondary N) is 1. The molecule has 1 rings (SSSR count). The van der Waals surface area contributed by atoms with Crippen molar-refractivity contribution in [1.29, 1.82) is 0 Å². The van der Waals surface area contributed by atoms with Crippen LogP contribution >= 0.6 is 0 Å². The lowest BCUT2D eigenvalue weighted by molar-refractivity contribution is -0.123. The van der Waals surface area contributed by atoms with Gasteiger partial charge in [0.05, 0.1) is 0 Å². The molecule has 0 spiro atoms. The molecule has 0 fully saturated rings. The maximum Gasteiger partial charge on any atom is 0.257 e. The molecular formula is C18H30N2O2. The predicted octanol–water partition coefficient (Wildman–Crippen LogP) is 2.89.